The van der Waals surface area contributed by atoms with Crippen molar-refractivity contribution in [1.82, 2.24) is 20.1 Å². The molecule has 1 aromatic carbocycles. The van der Waals surface area contributed by atoms with Crippen LogP contribution in [0.4, 0.5) is 0 Å². The SMILES string of the molecule is CNCC(Cc1cccc(Br)c1)Cc1ncnn1C(C)C. The molecule has 1 atom stereocenters. The lowest BCUT2D eigenvalue weighted by Gasteiger charge is -2.18. The number of aromatic nitrogens is 3. The lowest BCUT2D eigenvalue weighted by atomic mass is 9.95. The van der Waals surface area contributed by atoms with E-state index < -0.39 is 0 Å². The number of hydrogen-bond donors (Lipinski definition) is 1. The van der Waals surface area contributed by atoms with Crippen LogP contribution in [0.5, 0.6) is 0 Å². The van der Waals surface area contributed by atoms with Crippen LogP contribution in [-0.4, -0.2) is 28.4 Å². The van der Waals surface area contributed by atoms with Crippen LogP contribution in [0, 0.1) is 5.92 Å². The van der Waals surface area contributed by atoms with Gasteiger partial charge in [0.05, 0.1) is 0 Å². The first-order valence-corrected chi connectivity index (χ1v) is 8.17. The molecule has 0 fully saturated rings. The average molecular weight is 351 g/mol. The molecule has 0 radical (unpaired) electrons. The summed E-state index contributed by atoms with van der Waals surface area (Å²) in [7, 11) is 2.00. The Morgan fingerprint density at radius 2 is 2.10 bits per heavy atom. The Balaban J connectivity index is 2.10. The van der Waals surface area contributed by atoms with Crippen molar-refractivity contribution in [3.05, 3.63) is 46.5 Å². The van der Waals surface area contributed by atoms with Crippen molar-refractivity contribution in [3.8, 4) is 0 Å². The molecule has 1 heterocycles. The molecule has 0 saturated carbocycles. The van der Waals surface area contributed by atoms with Gasteiger partial charge in [-0.1, -0.05) is 28.1 Å². The molecule has 5 heteroatoms. The Morgan fingerprint density at radius 1 is 1.29 bits per heavy atom. The van der Waals surface area contributed by atoms with Crippen molar-refractivity contribution in [2.45, 2.75) is 32.7 Å². The van der Waals surface area contributed by atoms with Crippen molar-refractivity contribution in [2.75, 3.05) is 13.6 Å². The summed E-state index contributed by atoms with van der Waals surface area (Å²) in [6.45, 7) is 5.25. The minimum absolute atomic E-state index is 0.351. The average Bonchev–Trinajstić information content (AvgIpc) is 2.87. The van der Waals surface area contributed by atoms with Gasteiger partial charge in [-0.05, 0) is 57.5 Å². The number of hydrogen-bond acceptors (Lipinski definition) is 3. The van der Waals surface area contributed by atoms with Crippen molar-refractivity contribution < 1.29 is 0 Å². The summed E-state index contributed by atoms with van der Waals surface area (Å²) in [5, 5.41) is 7.62. The molecule has 21 heavy (non-hydrogen) atoms. The largest absolute Gasteiger partial charge is 0.319 e. The molecule has 114 valence electrons. The molecule has 2 aromatic rings. The topological polar surface area (TPSA) is 42.7 Å². The van der Waals surface area contributed by atoms with E-state index in [4.69, 9.17) is 0 Å². The molecule has 1 aromatic heterocycles. The van der Waals surface area contributed by atoms with E-state index >= 15 is 0 Å². The summed E-state index contributed by atoms with van der Waals surface area (Å²) in [5.74, 6) is 1.58. The van der Waals surface area contributed by atoms with Crippen molar-refractivity contribution in [2.24, 2.45) is 5.92 Å². The Bertz CT molecular complexity index is 565. The maximum absolute atomic E-state index is 4.43. The second-order valence-electron chi connectivity index (χ2n) is 5.68. The third-order valence-electron chi connectivity index (χ3n) is 3.51. The summed E-state index contributed by atoms with van der Waals surface area (Å²) in [5.41, 5.74) is 1.35. The van der Waals surface area contributed by atoms with Crippen LogP contribution in [0.25, 0.3) is 0 Å². The van der Waals surface area contributed by atoms with Gasteiger partial charge in [-0.3, -0.25) is 0 Å². The highest BCUT2D eigenvalue weighted by atomic mass is 79.9. The summed E-state index contributed by atoms with van der Waals surface area (Å²) in [6.07, 6.45) is 3.63. The van der Waals surface area contributed by atoms with Crippen LogP contribution in [0.15, 0.2) is 35.1 Å². The third-order valence-corrected chi connectivity index (χ3v) is 4.01. The number of nitrogens with zero attached hydrogens (tertiary/aromatic N) is 3. The monoisotopic (exact) mass is 350 g/mol. The van der Waals surface area contributed by atoms with Crippen LogP contribution in [-0.2, 0) is 12.8 Å². The molecule has 2 rings (SSSR count). The minimum atomic E-state index is 0.351. The van der Waals surface area contributed by atoms with Gasteiger partial charge in [0.25, 0.3) is 0 Å². The first-order chi connectivity index (χ1) is 10.1. The van der Waals surface area contributed by atoms with E-state index in [1.807, 2.05) is 11.7 Å². The fourth-order valence-corrected chi connectivity index (χ4v) is 3.06. The molecule has 1 unspecified atom stereocenters. The van der Waals surface area contributed by atoms with Crippen molar-refractivity contribution in [1.29, 1.82) is 0 Å². The van der Waals surface area contributed by atoms with Gasteiger partial charge in [0, 0.05) is 16.9 Å². The minimum Gasteiger partial charge on any atom is -0.319 e. The van der Waals surface area contributed by atoms with Crippen LogP contribution in [0.2, 0.25) is 0 Å². The van der Waals surface area contributed by atoms with Gasteiger partial charge < -0.3 is 5.32 Å². The zero-order chi connectivity index (χ0) is 15.2. The zero-order valence-corrected chi connectivity index (χ0v) is 14.5. The highest BCUT2D eigenvalue weighted by Gasteiger charge is 2.15. The number of nitrogens with one attached hydrogen (secondary N) is 1. The first kappa shape index (κ1) is 16.2. The normalized spacial score (nSPS) is 12.8. The molecule has 0 saturated heterocycles. The van der Waals surface area contributed by atoms with E-state index in [1.54, 1.807) is 6.33 Å². The van der Waals surface area contributed by atoms with Gasteiger partial charge in [-0.25, -0.2) is 9.67 Å². The van der Waals surface area contributed by atoms with Crippen LogP contribution < -0.4 is 5.32 Å². The Hall–Kier alpha value is -1.20. The zero-order valence-electron chi connectivity index (χ0n) is 12.9. The molecule has 0 bridgehead atoms. The fourth-order valence-electron chi connectivity index (χ4n) is 2.61. The van der Waals surface area contributed by atoms with Crippen molar-refractivity contribution in [3.63, 3.8) is 0 Å². The summed E-state index contributed by atoms with van der Waals surface area (Å²) in [6, 6.07) is 8.87. The third kappa shape index (κ3) is 4.64. The summed E-state index contributed by atoms with van der Waals surface area (Å²) >= 11 is 3.54. The Kier molecular flexibility index (Phi) is 5.94. The standard InChI is InChI=1S/C16H23BrN4/c1-12(2)21-16(19-11-20-21)9-14(10-18-3)7-13-5-4-6-15(17)8-13/h4-6,8,11-12,14,18H,7,9-10H2,1-3H3. The van der Waals surface area contributed by atoms with Gasteiger partial charge in [0.1, 0.15) is 12.2 Å². The summed E-state index contributed by atoms with van der Waals surface area (Å²) < 4.78 is 3.15. The molecular formula is C16H23BrN4. The predicted molar refractivity (Wildman–Crippen MR) is 89.4 cm³/mol. The predicted octanol–water partition coefficient (Wildman–Crippen LogP) is 3.24. The first-order valence-electron chi connectivity index (χ1n) is 7.37. The number of rotatable bonds is 7. The molecule has 0 spiro atoms. The molecule has 1 N–H and O–H groups in total. The van der Waals surface area contributed by atoms with Gasteiger partial charge in [-0.15, -0.1) is 0 Å². The maximum Gasteiger partial charge on any atom is 0.138 e. The van der Waals surface area contributed by atoms with Gasteiger partial charge >= 0.3 is 0 Å². The van der Waals surface area contributed by atoms with Crippen LogP contribution in [0.1, 0.15) is 31.3 Å². The van der Waals surface area contributed by atoms with Gasteiger partial charge in [-0.2, -0.15) is 5.10 Å². The van der Waals surface area contributed by atoms with E-state index in [-0.39, 0.29) is 0 Å². The van der Waals surface area contributed by atoms with Gasteiger partial charge in [0.2, 0.25) is 0 Å². The summed E-state index contributed by atoms with van der Waals surface area (Å²) in [4.78, 5) is 4.43. The van der Waals surface area contributed by atoms with E-state index in [2.05, 4.69) is 69.4 Å². The molecule has 0 aliphatic rings. The van der Waals surface area contributed by atoms with E-state index in [0.717, 1.165) is 29.7 Å². The highest BCUT2D eigenvalue weighted by molar-refractivity contribution is 9.10. The molecule has 0 amide bonds. The maximum atomic E-state index is 4.43. The second-order valence-corrected chi connectivity index (χ2v) is 6.59. The van der Waals surface area contributed by atoms with Crippen LogP contribution >= 0.6 is 15.9 Å². The van der Waals surface area contributed by atoms with E-state index in [9.17, 15) is 0 Å². The molecule has 4 nitrogen and oxygen atoms in total. The quantitative estimate of drug-likeness (QED) is 0.833. The Morgan fingerprint density at radius 3 is 2.76 bits per heavy atom. The van der Waals surface area contributed by atoms with Crippen molar-refractivity contribution >= 4 is 15.9 Å². The number of halogens is 1. The molecular weight excluding hydrogens is 328 g/mol. The molecule has 0 aliphatic heterocycles. The van der Waals surface area contributed by atoms with E-state index in [1.165, 1.54) is 5.56 Å². The Labute approximate surface area is 135 Å². The lowest BCUT2D eigenvalue weighted by Crippen LogP contribution is -2.24. The lowest BCUT2D eigenvalue weighted by molar-refractivity contribution is 0.440. The van der Waals surface area contributed by atoms with E-state index in [0.29, 0.717) is 12.0 Å². The van der Waals surface area contributed by atoms with Gasteiger partial charge in [0.15, 0.2) is 0 Å². The molecule has 0 aliphatic carbocycles. The van der Waals surface area contributed by atoms with Crippen LogP contribution in [0.3, 0.4) is 0 Å². The highest BCUT2D eigenvalue weighted by Crippen LogP contribution is 2.18. The smallest absolute Gasteiger partial charge is 0.138 e. The number of benzene rings is 1. The fraction of sp³-hybridized carbons (Fsp3) is 0.500. The second kappa shape index (κ2) is 7.71.